The van der Waals surface area contributed by atoms with E-state index >= 15 is 0 Å². The lowest BCUT2D eigenvalue weighted by Crippen LogP contribution is -2.26. The number of fused-ring (bicyclic) bond motifs is 1. The third-order valence-electron chi connectivity index (χ3n) is 4.37. The Balaban J connectivity index is 1.77. The molecule has 0 bridgehead atoms. The van der Waals surface area contributed by atoms with Gasteiger partial charge in [0.25, 0.3) is 0 Å². The third-order valence-corrected chi connectivity index (χ3v) is 5.18. The molecule has 0 saturated carbocycles. The third kappa shape index (κ3) is 3.02. The Morgan fingerprint density at radius 1 is 1.43 bits per heavy atom. The number of nitrogens with one attached hydrogen (secondary N) is 1. The molecule has 1 saturated heterocycles. The van der Waals surface area contributed by atoms with Gasteiger partial charge in [-0.1, -0.05) is 20.8 Å². The van der Waals surface area contributed by atoms with Crippen LogP contribution in [0.1, 0.15) is 33.0 Å². The highest BCUT2D eigenvalue weighted by Gasteiger charge is 2.32. The molecule has 2 aromatic rings. The van der Waals surface area contributed by atoms with E-state index in [-0.39, 0.29) is 0 Å². The molecule has 1 fully saturated rings. The van der Waals surface area contributed by atoms with Crippen molar-refractivity contribution in [2.75, 3.05) is 18.5 Å². The molecule has 5 nitrogen and oxygen atoms in total. The molecule has 1 aliphatic heterocycles. The summed E-state index contributed by atoms with van der Waals surface area (Å²) in [6, 6.07) is 2.00. The van der Waals surface area contributed by atoms with Crippen LogP contribution in [-0.4, -0.2) is 28.0 Å². The summed E-state index contributed by atoms with van der Waals surface area (Å²) >= 11 is 1.63. The van der Waals surface area contributed by atoms with Crippen LogP contribution in [0.4, 0.5) is 5.82 Å². The predicted molar refractivity (Wildman–Crippen MR) is 88.1 cm³/mol. The Kier molecular flexibility index (Phi) is 3.86. The zero-order valence-electron chi connectivity index (χ0n) is 12.9. The second-order valence-electron chi connectivity index (χ2n) is 6.86. The first-order chi connectivity index (χ1) is 9.97. The van der Waals surface area contributed by atoms with E-state index in [0.717, 1.165) is 47.4 Å². The summed E-state index contributed by atoms with van der Waals surface area (Å²) in [7, 11) is 0. The minimum Gasteiger partial charge on any atom is -0.308 e. The van der Waals surface area contributed by atoms with Crippen molar-refractivity contribution in [3.8, 4) is 0 Å². The minimum absolute atomic E-state index is 0.372. The largest absolute Gasteiger partial charge is 0.308 e. The lowest BCUT2D eigenvalue weighted by Gasteiger charge is -2.27. The number of nitrogens with zero attached hydrogens (tertiary/aromatic N) is 3. The van der Waals surface area contributed by atoms with Crippen molar-refractivity contribution in [1.29, 1.82) is 0 Å². The predicted octanol–water partition coefficient (Wildman–Crippen LogP) is 2.84. The molecule has 3 rings (SSSR count). The van der Waals surface area contributed by atoms with Gasteiger partial charge in [0.05, 0.1) is 11.9 Å². The average molecular weight is 305 g/mol. The van der Waals surface area contributed by atoms with Crippen molar-refractivity contribution < 1.29 is 0 Å². The first-order valence-corrected chi connectivity index (χ1v) is 8.28. The Hall–Kier alpha value is -1.24. The summed E-state index contributed by atoms with van der Waals surface area (Å²) in [6.07, 6.45) is 1.26. The SMILES string of the molecule is CC(C)(C)C1CCN(Cc2nc(NN)c3ccsc3n2)C1. The highest BCUT2D eigenvalue weighted by Crippen LogP contribution is 2.34. The summed E-state index contributed by atoms with van der Waals surface area (Å²) in [5.74, 6) is 7.91. The molecule has 0 spiro atoms. The van der Waals surface area contributed by atoms with E-state index in [1.54, 1.807) is 11.3 Å². The molecule has 2 aromatic heterocycles. The summed E-state index contributed by atoms with van der Waals surface area (Å²) in [5, 5.41) is 3.02. The molecule has 1 unspecified atom stereocenters. The molecule has 0 aliphatic carbocycles. The summed E-state index contributed by atoms with van der Waals surface area (Å²) < 4.78 is 0. The quantitative estimate of drug-likeness (QED) is 0.674. The molecule has 114 valence electrons. The van der Waals surface area contributed by atoms with Crippen LogP contribution in [0.5, 0.6) is 0 Å². The maximum atomic E-state index is 5.58. The standard InChI is InChI=1S/C15H23N5S/c1-15(2,3)10-4-6-20(8-10)9-12-17-13(19-16)11-5-7-21-14(11)18-12/h5,7,10H,4,6,8-9,16H2,1-3H3,(H,17,18,19). The molecule has 21 heavy (non-hydrogen) atoms. The van der Waals surface area contributed by atoms with Crippen LogP contribution in [-0.2, 0) is 6.54 Å². The highest BCUT2D eigenvalue weighted by molar-refractivity contribution is 7.16. The number of hydrogen-bond donors (Lipinski definition) is 2. The van der Waals surface area contributed by atoms with Crippen molar-refractivity contribution in [1.82, 2.24) is 14.9 Å². The van der Waals surface area contributed by atoms with E-state index in [2.05, 4.69) is 41.1 Å². The number of likely N-dealkylation sites (tertiary alicyclic amines) is 1. The van der Waals surface area contributed by atoms with E-state index in [4.69, 9.17) is 5.84 Å². The van der Waals surface area contributed by atoms with Gasteiger partial charge in [0.1, 0.15) is 10.7 Å². The fourth-order valence-corrected chi connectivity index (χ4v) is 3.75. The van der Waals surface area contributed by atoms with E-state index in [1.165, 1.54) is 6.42 Å². The van der Waals surface area contributed by atoms with E-state index in [1.807, 2.05) is 11.4 Å². The molecular weight excluding hydrogens is 282 g/mol. The van der Waals surface area contributed by atoms with Crippen LogP contribution in [0, 0.1) is 11.3 Å². The van der Waals surface area contributed by atoms with Crippen LogP contribution < -0.4 is 11.3 Å². The maximum Gasteiger partial charge on any atom is 0.152 e. The number of nitrogens with two attached hydrogens (primary N) is 1. The van der Waals surface area contributed by atoms with Crippen LogP contribution >= 0.6 is 11.3 Å². The van der Waals surface area contributed by atoms with Crippen LogP contribution in [0.2, 0.25) is 0 Å². The second-order valence-corrected chi connectivity index (χ2v) is 7.75. The number of hydrogen-bond acceptors (Lipinski definition) is 6. The molecule has 0 radical (unpaired) electrons. The second kappa shape index (κ2) is 5.51. The Bertz CT molecular complexity index is 631. The highest BCUT2D eigenvalue weighted by atomic mass is 32.1. The minimum atomic E-state index is 0.372. The fraction of sp³-hybridized carbons (Fsp3) is 0.600. The number of thiophene rings is 1. The topological polar surface area (TPSA) is 67.1 Å². The molecule has 1 aliphatic rings. The van der Waals surface area contributed by atoms with Crippen molar-refractivity contribution in [3.05, 3.63) is 17.3 Å². The van der Waals surface area contributed by atoms with Crippen molar-refractivity contribution in [2.24, 2.45) is 17.2 Å². The molecule has 6 heteroatoms. The monoisotopic (exact) mass is 305 g/mol. The smallest absolute Gasteiger partial charge is 0.152 e. The lowest BCUT2D eigenvalue weighted by atomic mass is 9.80. The number of nitrogen functional groups attached to an aromatic ring is 1. The van der Waals surface area contributed by atoms with Crippen molar-refractivity contribution >= 4 is 27.4 Å². The lowest BCUT2D eigenvalue weighted by molar-refractivity contribution is 0.224. The summed E-state index contributed by atoms with van der Waals surface area (Å²) in [4.78, 5) is 12.7. The summed E-state index contributed by atoms with van der Waals surface area (Å²) in [5.41, 5.74) is 3.06. The molecule has 3 N–H and O–H groups in total. The molecule has 0 aromatic carbocycles. The van der Waals surface area contributed by atoms with Gasteiger partial charge in [0.15, 0.2) is 5.82 Å². The van der Waals surface area contributed by atoms with Gasteiger partial charge >= 0.3 is 0 Å². The number of hydrazine groups is 1. The van der Waals surface area contributed by atoms with Gasteiger partial charge in [-0.2, -0.15) is 0 Å². The molecule has 1 atom stereocenters. The average Bonchev–Trinajstić information content (AvgIpc) is 3.05. The molecule has 0 amide bonds. The molecular formula is C15H23N5S. The van der Waals surface area contributed by atoms with Crippen LogP contribution in [0.3, 0.4) is 0 Å². The fourth-order valence-electron chi connectivity index (χ4n) is 2.96. The van der Waals surface area contributed by atoms with E-state index < -0.39 is 0 Å². The van der Waals surface area contributed by atoms with Gasteiger partial charge in [-0.15, -0.1) is 11.3 Å². The van der Waals surface area contributed by atoms with Crippen LogP contribution in [0.25, 0.3) is 10.2 Å². The Morgan fingerprint density at radius 3 is 2.90 bits per heavy atom. The Labute approximate surface area is 129 Å². The maximum absolute atomic E-state index is 5.58. The first kappa shape index (κ1) is 14.7. The first-order valence-electron chi connectivity index (χ1n) is 7.40. The van der Waals surface area contributed by atoms with Gasteiger partial charge in [-0.3, -0.25) is 4.90 Å². The zero-order chi connectivity index (χ0) is 15.0. The number of anilines is 1. The van der Waals surface area contributed by atoms with Gasteiger partial charge in [-0.25, -0.2) is 15.8 Å². The van der Waals surface area contributed by atoms with Gasteiger partial charge in [0, 0.05) is 6.54 Å². The van der Waals surface area contributed by atoms with Gasteiger partial charge in [0.2, 0.25) is 0 Å². The van der Waals surface area contributed by atoms with Crippen molar-refractivity contribution in [2.45, 2.75) is 33.7 Å². The number of aromatic nitrogens is 2. The van der Waals surface area contributed by atoms with E-state index in [0.29, 0.717) is 5.41 Å². The van der Waals surface area contributed by atoms with Crippen LogP contribution in [0.15, 0.2) is 11.4 Å². The van der Waals surface area contributed by atoms with Crippen molar-refractivity contribution in [3.63, 3.8) is 0 Å². The van der Waals surface area contributed by atoms with Gasteiger partial charge in [-0.05, 0) is 35.7 Å². The Morgan fingerprint density at radius 2 is 2.24 bits per heavy atom. The van der Waals surface area contributed by atoms with Gasteiger partial charge < -0.3 is 5.43 Å². The molecule has 3 heterocycles. The van der Waals surface area contributed by atoms with E-state index in [9.17, 15) is 0 Å². The normalized spacial score (nSPS) is 20.3. The summed E-state index contributed by atoms with van der Waals surface area (Å²) in [6.45, 7) is 10.0. The number of rotatable bonds is 3. The zero-order valence-corrected chi connectivity index (χ0v) is 13.7.